The molecule has 0 saturated carbocycles. The van der Waals surface area contributed by atoms with Gasteiger partial charge < -0.3 is 19.8 Å². The molecule has 3 N–H and O–H groups in total. The summed E-state index contributed by atoms with van der Waals surface area (Å²) in [4.78, 5) is 23.3. The van der Waals surface area contributed by atoms with Crippen LogP contribution in [-0.4, -0.2) is 73.4 Å². The lowest BCUT2D eigenvalue weighted by atomic mass is 10.0. The van der Waals surface area contributed by atoms with Gasteiger partial charge in [-0.1, -0.05) is 269 Å². The molecule has 66 heavy (non-hydrogen) atoms. The molecule has 0 bridgehead atoms. The third kappa shape index (κ3) is 50.8. The number of rotatable bonds is 53. The SMILES string of the molecule is CCCCCCCCCCCCCCCCCCCC/C=C/CC/C=C/C(O)C(COP(=O)(O)OCC[N+](C)(C)C)NC(=O)CCCCCCCCCCCCCCCCCCCCCC. The molecule has 0 fully saturated rings. The van der Waals surface area contributed by atoms with Gasteiger partial charge in [-0.05, 0) is 32.1 Å². The topological polar surface area (TPSA) is 105 Å². The molecule has 0 aromatic rings. The van der Waals surface area contributed by atoms with Gasteiger partial charge in [-0.25, -0.2) is 4.57 Å². The number of likely N-dealkylation sites (N-methyl/N-ethyl adjacent to an activating group) is 1. The zero-order chi connectivity index (χ0) is 48.5. The highest BCUT2D eigenvalue weighted by atomic mass is 31.2. The van der Waals surface area contributed by atoms with Gasteiger partial charge in [0.1, 0.15) is 13.2 Å². The highest BCUT2D eigenvalue weighted by Gasteiger charge is 2.27. The second-order valence-corrected chi connectivity index (χ2v) is 22.5. The van der Waals surface area contributed by atoms with E-state index in [-0.39, 0.29) is 19.1 Å². The quantitative estimate of drug-likeness (QED) is 0.0243. The zero-order valence-electron chi connectivity index (χ0n) is 44.7. The molecule has 0 aliphatic heterocycles. The van der Waals surface area contributed by atoms with E-state index in [0.717, 1.165) is 38.5 Å². The number of amides is 1. The Balaban J connectivity index is 4.24. The van der Waals surface area contributed by atoms with Crippen molar-refractivity contribution in [3.63, 3.8) is 0 Å². The van der Waals surface area contributed by atoms with Crippen molar-refractivity contribution in [2.75, 3.05) is 40.9 Å². The number of hydrogen-bond donors (Lipinski definition) is 3. The average Bonchev–Trinajstić information content (AvgIpc) is 3.28. The van der Waals surface area contributed by atoms with Crippen LogP contribution >= 0.6 is 7.82 Å². The van der Waals surface area contributed by atoms with Crippen LogP contribution in [0.4, 0.5) is 0 Å². The number of aliphatic hydroxyl groups is 1. The fourth-order valence-corrected chi connectivity index (χ4v) is 9.38. The lowest BCUT2D eigenvalue weighted by Gasteiger charge is -2.25. The third-order valence-corrected chi connectivity index (χ3v) is 14.2. The number of carbonyl (C=O) groups is 1. The second-order valence-electron chi connectivity index (χ2n) is 21.0. The molecule has 3 unspecified atom stereocenters. The number of quaternary nitrogens is 1. The Morgan fingerprint density at radius 3 is 1.21 bits per heavy atom. The number of carbonyl (C=O) groups excluding carboxylic acids is 1. The molecular weight excluding hydrogens is 840 g/mol. The molecule has 0 heterocycles. The van der Waals surface area contributed by atoms with Crippen molar-refractivity contribution in [3.8, 4) is 0 Å². The van der Waals surface area contributed by atoms with E-state index in [4.69, 9.17) is 9.05 Å². The molecule has 0 aliphatic rings. The summed E-state index contributed by atoms with van der Waals surface area (Å²) in [6.45, 7) is 4.84. The minimum atomic E-state index is -4.35. The Hall–Kier alpha value is -1.02. The predicted octanol–water partition coefficient (Wildman–Crippen LogP) is 17.2. The predicted molar refractivity (Wildman–Crippen MR) is 286 cm³/mol. The lowest BCUT2D eigenvalue weighted by molar-refractivity contribution is -0.870. The first kappa shape index (κ1) is 65.0. The van der Waals surface area contributed by atoms with Crippen molar-refractivity contribution in [1.29, 1.82) is 0 Å². The van der Waals surface area contributed by atoms with E-state index >= 15 is 0 Å². The molecule has 1 amide bonds. The Labute approximate surface area is 411 Å². The summed E-state index contributed by atoms with van der Waals surface area (Å²) in [6.07, 6.45) is 61.4. The standard InChI is InChI=1S/C57H113N2O6P/c1-6-8-10-12-14-16-18-20-22-24-26-28-29-30-31-32-34-36-38-40-42-44-46-48-50-56(60)55(54-65-66(62,63)64-53-52-59(3,4)5)58-57(61)51-49-47-45-43-41-39-37-35-33-27-25-23-21-19-17-15-13-11-9-7-2/h40,42,48,50,55-56,60H,6-39,41,43-47,49,51-54H2,1-5H3,(H-,58,61,62,63)/p+1/b42-40+,50-48+. The van der Waals surface area contributed by atoms with Crippen LogP contribution in [-0.2, 0) is 18.4 Å². The van der Waals surface area contributed by atoms with Crippen LogP contribution in [0.2, 0.25) is 0 Å². The van der Waals surface area contributed by atoms with Gasteiger partial charge in [0.15, 0.2) is 0 Å². The second kappa shape index (κ2) is 49.0. The highest BCUT2D eigenvalue weighted by molar-refractivity contribution is 7.47. The number of aliphatic hydroxyl groups excluding tert-OH is 1. The van der Waals surface area contributed by atoms with Crippen molar-refractivity contribution in [2.45, 2.75) is 296 Å². The largest absolute Gasteiger partial charge is 0.472 e. The Kier molecular flexibility index (Phi) is 48.2. The van der Waals surface area contributed by atoms with Gasteiger partial charge in [-0.2, -0.15) is 0 Å². The van der Waals surface area contributed by atoms with E-state index in [2.05, 4.69) is 31.3 Å². The van der Waals surface area contributed by atoms with Crippen molar-refractivity contribution >= 4 is 13.7 Å². The Morgan fingerprint density at radius 1 is 0.500 bits per heavy atom. The van der Waals surface area contributed by atoms with Crippen LogP contribution in [0, 0.1) is 0 Å². The molecule has 0 radical (unpaired) electrons. The van der Waals surface area contributed by atoms with Crippen molar-refractivity contribution in [2.24, 2.45) is 0 Å². The Bertz CT molecular complexity index is 1130. The first-order valence-electron chi connectivity index (χ1n) is 28.7. The molecule has 3 atom stereocenters. The maximum atomic E-state index is 13.0. The summed E-state index contributed by atoms with van der Waals surface area (Å²) in [5.74, 6) is -0.181. The van der Waals surface area contributed by atoms with Crippen LogP contribution in [0.5, 0.6) is 0 Å². The minimum Gasteiger partial charge on any atom is -0.387 e. The number of unbranched alkanes of at least 4 members (excludes halogenated alkanes) is 38. The van der Waals surface area contributed by atoms with Crippen LogP contribution in [0.3, 0.4) is 0 Å². The lowest BCUT2D eigenvalue weighted by Crippen LogP contribution is -2.45. The van der Waals surface area contributed by atoms with Gasteiger partial charge >= 0.3 is 7.82 Å². The van der Waals surface area contributed by atoms with Gasteiger partial charge in [0, 0.05) is 6.42 Å². The summed E-state index contributed by atoms with van der Waals surface area (Å²) in [7, 11) is 1.57. The van der Waals surface area contributed by atoms with Gasteiger partial charge in [-0.3, -0.25) is 13.8 Å². The monoisotopic (exact) mass is 954 g/mol. The maximum absolute atomic E-state index is 13.0. The van der Waals surface area contributed by atoms with Crippen LogP contribution < -0.4 is 5.32 Å². The summed E-state index contributed by atoms with van der Waals surface area (Å²) >= 11 is 0. The summed E-state index contributed by atoms with van der Waals surface area (Å²) in [6, 6.07) is -0.860. The fraction of sp³-hybridized carbons (Fsp3) is 0.912. The average molecular weight is 955 g/mol. The maximum Gasteiger partial charge on any atom is 0.472 e. The van der Waals surface area contributed by atoms with Gasteiger partial charge in [-0.15, -0.1) is 0 Å². The van der Waals surface area contributed by atoms with Crippen LogP contribution in [0.1, 0.15) is 284 Å². The number of phosphoric acid groups is 1. The van der Waals surface area contributed by atoms with Crippen molar-refractivity contribution in [1.82, 2.24) is 5.32 Å². The number of nitrogens with zero attached hydrogens (tertiary/aromatic N) is 1. The number of hydrogen-bond acceptors (Lipinski definition) is 5. The third-order valence-electron chi connectivity index (χ3n) is 13.2. The van der Waals surface area contributed by atoms with Gasteiger partial charge in [0.05, 0.1) is 39.9 Å². The van der Waals surface area contributed by atoms with Crippen molar-refractivity contribution in [3.05, 3.63) is 24.3 Å². The first-order valence-corrected chi connectivity index (χ1v) is 30.2. The molecule has 8 nitrogen and oxygen atoms in total. The molecular formula is C57H114N2O6P+. The normalized spacial score (nSPS) is 14.1. The number of nitrogens with one attached hydrogen (secondary N) is 1. The summed E-state index contributed by atoms with van der Waals surface area (Å²) in [5.41, 5.74) is 0. The molecule has 392 valence electrons. The van der Waals surface area contributed by atoms with E-state index in [0.29, 0.717) is 17.4 Å². The van der Waals surface area contributed by atoms with Gasteiger partial charge in [0.25, 0.3) is 0 Å². The molecule has 0 aliphatic carbocycles. The van der Waals surface area contributed by atoms with Gasteiger partial charge in [0.2, 0.25) is 5.91 Å². The summed E-state index contributed by atoms with van der Waals surface area (Å²) < 4.78 is 23.7. The van der Waals surface area contributed by atoms with Crippen LogP contribution in [0.15, 0.2) is 24.3 Å². The van der Waals surface area contributed by atoms with E-state index in [9.17, 15) is 19.4 Å². The molecule has 0 aromatic heterocycles. The van der Waals surface area contributed by atoms with Crippen LogP contribution in [0.25, 0.3) is 0 Å². The van der Waals surface area contributed by atoms with Crippen molar-refractivity contribution < 1.29 is 32.9 Å². The summed E-state index contributed by atoms with van der Waals surface area (Å²) in [5, 5.41) is 13.9. The van der Waals surface area contributed by atoms with E-state index in [1.54, 1.807) is 6.08 Å². The minimum absolute atomic E-state index is 0.0588. The number of phosphoric ester groups is 1. The molecule has 0 spiro atoms. The van der Waals surface area contributed by atoms with E-state index in [1.165, 1.54) is 225 Å². The number of allylic oxidation sites excluding steroid dienone is 3. The molecule has 0 saturated heterocycles. The molecule has 0 aromatic carbocycles. The molecule has 9 heteroatoms. The zero-order valence-corrected chi connectivity index (χ0v) is 45.6. The fourth-order valence-electron chi connectivity index (χ4n) is 8.65. The first-order chi connectivity index (χ1) is 32.0. The highest BCUT2D eigenvalue weighted by Crippen LogP contribution is 2.43. The smallest absolute Gasteiger partial charge is 0.387 e. The molecule has 0 rings (SSSR count). The van der Waals surface area contributed by atoms with E-state index in [1.807, 2.05) is 27.2 Å². The van der Waals surface area contributed by atoms with E-state index < -0.39 is 20.0 Å². The Morgan fingerprint density at radius 2 is 0.833 bits per heavy atom.